The zero-order chi connectivity index (χ0) is 19.5. The van der Waals surface area contributed by atoms with Crippen LogP contribution in [-0.2, 0) is 6.42 Å². The summed E-state index contributed by atoms with van der Waals surface area (Å²) in [5.74, 6) is 0.813. The molecule has 3 aromatic rings. The van der Waals surface area contributed by atoms with Crippen LogP contribution in [0.25, 0.3) is 11.3 Å². The van der Waals surface area contributed by atoms with Crippen LogP contribution in [0.5, 0.6) is 5.75 Å². The van der Waals surface area contributed by atoms with Gasteiger partial charge in [-0.15, -0.1) is 11.8 Å². The maximum Gasteiger partial charge on any atom is 0.252 e. The highest BCUT2D eigenvalue weighted by molar-refractivity contribution is 7.98. The van der Waals surface area contributed by atoms with Gasteiger partial charge in [-0.2, -0.15) is 0 Å². The molecule has 0 spiro atoms. The van der Waals surface area contributed by atoms with Crippen molar-refractivity contribution in [1.29, 1.82) is 0 Å². The third-order valence-electron chi connectivity index (χ3n) is 4.86. The summed E-state index contributed by atoms with van der Waals surface area (Å²) >= 11 is 1.57. The maximum absolute atomic E-state index is 12.6. The summed E-state index contributed by atoms with van der Waals surface area (Å²) in [7, 11) is 0. The van der Waals surface area contributed by atoms with E-state index in [0.29, 0.717) is 12.1 Å². The van der Waals surface area contributed by atoms with Gasteiger partial charge in [-0.05, 0) is 48.6 Å². The number of amides is 1. The van der Waals surface area contributed by atoms with Gasteiger partial charge in [0.05, 0.1) is 17.8 Å². The van der Waals surface area contributed by atoms with Crippen molar-refractivity contribution in [2.75, 3.05) is 12.8 Å². The smallest absolute Gasteiger partial charge is 0.252 e. The molecule has 0 saturated carbocycles. The Hall–Kier alpha value is -2.79. The van der Waals surface area contributed by atoms with Gasteiger partial charge in [-0.25, -0.2) is 0 Å². The van der Waals surface area contributed by atoms with Gasteiger partial charge in [0.15, 0.2) is 0 Å². The number of aryl methyl sites for hydroxylation is 1. The van der Waals surface area contributed by atoms with Crippen molar-refractivity contribution in [2.45, 2.75) is 24.3 Å². The van der Waals surface area contributed by atoms with Crippen LogP contribution >= 0.6 is 11.8 Å². The number of nitrogens with one attached hydrogen (secondary N) is 1. The van der Waals surface area contributed by atoms with Gasteiger partial charge >= 0.3 is 0 Å². The zero-order valence-corrected chi connectivity index (χ0v) is 16.8. The number of carbonyl (C=O) groups is 1. The van der Waals surface area contributed by atoms with Crippen molar-refractivity contribution in [2.24, 2.45) is 0 Å². The molecule has 2 aromatic carbocycles. The van der Waals surface area contributed by atoms with Gasteiger partial charge in [0.25, 0.3) is 5.91 Å². The molecule has 0 radical (unpaired) electrons. The number of pyridine rings is 1. The van der Waals surface area contributed by atoms with Crippen molar-refractivity contribution in [3.63, 3.8) is 0 Å². The van der Waals surface area contributed by atoms with Gasteiger partial charge in [0.1, 0.15) is 11.9 Å². The first-order valence-corrected chi connectivity index (χ1v) is 10.5. The highest BCUT2D eigenvalue weighted by Crippen LogP contribution is 2.38. The van der Waals surface area contributed by atoms with Crippen molar-refractivity contribution in [1.82, 2.24) is 10.3 Å². The minimum absolute atomic E-state index is 0.0649. The van der Waals surface area contributed by atoms with E-state index in [1.54, 1.807) is 11.8 Å². The Bertz CT molecular complexity index is 1000. The molecule has 0 fully saturated rings. The molecule has 5 heteroatoms. The number of benzene rings is 2. The van der Waals surface area contributed by atoms with E-state index in [4.69, 9.17) is 4.74 Å². The van der Waals surface area contributed by atoms with Gasteiger partial charge < -0.3 is 10.1 Å². The highest BCUT2D eigenvalue weighted by atomic mass is 32.2. The number of aromatic nitrogens is 1. The molecule has 1 amide bonds. The summed E-state index contributed by atoms with van der Waals surface area (Å²) in [4.78, 5) is 18.1. The molecule has 142 valence electrons. The zero-order valence-electron chi connectivity index (χ0n) is 15.9. The topological polar surface area (TPSA) is 51.2 Å². The van der Waals surface area contributed by atoms with Gasteiger partial charge in [-0.1, -0.05) is 30.3 Å². The fourth-order valence-corrected chi connectivity index (χ4v) is 4.01. The molecule has 0 saturated heterocycles. The normalized spacial score (nSPS) is 15.0. The lowest BCUT2D eigenvalue weighted by molar-refractivity contribution is 0.0930. The van der Waals surface area contributed by atoms with Crippen LogP contribution in [-0.4, -0.2) is 29.8 Å². The van der Waals surface area contributed by atoms with Gasteiger partial charge in [-0.3, -0.25) is 9.78 Å². The molecular formula is C23H22N2O2S. The minimum Gasteiger partial charge on any atom is -0.487 e. The molecule has 2 heterocycles. The van der Waals surface area contributed by atoms with Crippen LogP contribution in [0, 0.1) is 6.92 Å². The van der Waals surface area contributed by atoms with E-state index < -0.39 is 0 Å². The number of hydrogen-bond acceptors (Lipinski definition) is 4. The molecule has 1 aliphatic heterocycles. The molecule has 4 rings (SSSR count). The van der Waals surface area contributed by atoms with E-state index in [2.05, 4.69) is 22.4 Å². The lowest BCUT2D eigenvalue weighted by atomic mass is 10.0. The number of para-hydroxylation sites is 1. The third-order valence-corrected chi connectivity index (χ3v) is 5.65. The van der Waals surface area contributed by atoms with Gasteiger partial charge in [0.2, 0.25) is 0 Å². The first kappa shape index (κ1) is 18.6. The molecular weight excluding hydrogens is 368 g/mol. The first-order chi connectivity index (χ1) is 13.7. The number of rotatable bonds is 5. The van der Waals surface area contributed by atoms with E-state index in [1.807, 2.05) is 61.8 Å². The summed E-state index contributed by atoms with van der Waals surface area (Å²) in [5, 5.41) is 3.02. The maximum atomic E-state index is 12.6. The molecule has 0 unspecified atom stereocenters. The second-order valence-corrected chi connectivity index (χ2v) is 7.72. The number of carbonyl (C=O) groups excluding carboxylic acids is 1. The Labute approximate surface area is 169 Å². The second kappa shape index (κ2) is 8.07. The first-order valence-electron chi connectivity index (χ1n) is 9.28. The van der Waals surface area contributed by atoms with Crippen molar-refractivity contribution in [3.05, 3.63) is 77.5 Å². The largest absolute Gasteiger partial charge is 0.487 e. The molecule has 0 aliphatic carbocycles. The number of hydrogen-bond donors (Lipinski definition) is 1. The summed E-state index contributed by atoms with van der Waals surface area (Å²) in [5.41, 5.74) is 4.89. The van der Waals surface area contributed by atoms with E-state index in [0.717, 1.165) is 39.5 Å². The summed E-state index contributed by atoms with van der Waals surface area (Å²) in [6.45, 7) is 2.49. The summed E-state index contributed by atoms with van der Waals surface area (Å²) in [6.07, 6.45) is 4.54. The Morgan fingerprint density at radius 2 is 2.04 bits per heavy atom. The van der Waals surface area contributed by atoms with E-state index in [9.17, 15) is 4.79 Å². The molecule has 1 N–H and O–H groups in total. The lowest BCUT2D eigenvalue weighted by Crippen LogP contribution is -2.34. The Balaban J connectivity index is 1.46. The SMILES string of the molecule is CSc1ccccc1C(=O)NC[C@@H]1Cc2cccc(-c3ccc(C)cn3)c2O1. The van der Waals surface area contributed by atoms with Crippen LogP contribution in [0.4, 0.5) is 0 Å². The van der Waals surface area contributed by atoms with Crippen molar-refractivity contribution >= 4 is 17.7 Å². The lowest BCUT2D eigenvalue weighted by Gasteiger charge is -2.14. The molecule has 1 atom stereocenters. The van der Waals surface area contributed by atoms with E-state index in [-0.39, 0.29) is 12.0 Å². The quantitative estimate of drug-likeness (QED) is 0.651. The molecule has 1 aliphatic rings. The van der Waals surface area contributed by atoms with Crippen LogP contribution < -0.4 is 10.1 Å². The average molecular weight is 391 g/mol. The van der Waals surface area contributed by atoms with Crippen molar-refractivity contribution in [3.8, 4) is 17.0 Å². The number of nitrogens with zero attached hydrogens (tertiary/aromatic N) is 1. The summed E-state index contributed by atoms with van der Waals surface area (Å²) < 4.78 is 6.21. The standard InChI is InChI=1S/C23H22N2O2S/c1-15-10-11-20(24-13-15)18-8-5-6-16-12-17(27-22(16)18)14-25-23(26)19-7-3-4-9-21(19)28-2/h3-11,13,17H,12,14H2,1-2H3,(H,25,26)/t17-/m0/s1. The van der Waals surface area contributed by atoms with Crippen LogP contribution in [0.3, 0.4) is 0 Å². The van der Waals surface area contributed by atoms with Gasteiger partial charge in [0, 0.05) is 23.1 Å². The molecule has 0 bridgehead atoms. The average Bonchev–Trinajstić information content (AvgIpc) is 3.16. The molecule has 4 nitrogen and oxygen atoms in total. The number of ether oxygens (including phenoxy) is 1. The second-order valence-electron chi connectivity index (χ2n) is 6.87. The highest BCUT2D eigenvalue weighted by Gasteiger charge is 2.26. The fourth-order valence-electron chi connectivity index (χ4n) is 3.42. The van der Waals surface area contributed by atoms with Crippen LogP contribution in [0.15, 0.2) is 65.7 Å². The third kappa shape index (κ3) is 3.76. The number of fused-ring (bicyclic) bond motifs is 1. The van der Waals surface area contributed by atoms with E-state index >= 15 is 0 Å². The fraction of sp³-hybridized carbons (Fsp3) is 0.217. The summed E-state index contributed by atoms with van der Waals surface area (Å²) in [6, 6.07) is 17.9. The van der Waals surface area contributed by atoms with Crippen LogP contribution in [0.2, 0.25) is 0 Å². The Morgan fingerprint density at radius 1 is 1.18 bits per heavy atom. The van der Waals surface area contributed by atoms with Crippen molar-refractivity contribution < 1.29 is 9.53 Å². The Morgan fingerprint density at radius 3 is 2.82 bits per heavy atom. The molecule has 1 aromatic heterocycles. The van der Waals surface area contributed by atoms with Crippen LogP contribution in [0.1, 0.15) is 21.5 Å². The molecule has 28 heavy (non-hydrogen) atoms. The monoisotopic (exact) mass is 390 g/mol. The predicted molar refractivity (Wildman–Crippen MR) is 113 cm³/mol. The minimum atomic E-state index is -0.0769. The Kier molecular flexibility index (Phi) is 5.35. The predicted octanol–water partition coefficient (Wildman–Crippen LogP) is 4.51. The van der Waals surface area contributed by atoms with E-state index in [1.165, 1.54) is 0 Å². The number of thioether (sulfide) groups is 1.